The van der Waals surface area contributed by atoms with E-state index in [1.54, 1.807) is 13.8 Å². The molecule has 2 aliphatic rings. The van der Waals surface area contributed by atoms with Gasteiger partial charge in [-0.15, -0.1) is 0 Å². The second-order valence-corrected chi connectivity index (χ2v) is 8.85. The van der Waals surface area contributed by atoms with E-state index in [-0.39, 0.29) is 0 Å². The SMILES string of the molecule is Cc1ccc2c(c1)Cc1ccccc1C(N1CCN(CC(C)(C)C(=O)O)CC1)=N2. The van der Waals surface area contributed by atoms with Crippen LogP contribution >= 0.6 is 0 Å². The number of aliphatic imine (C=N–C) groups is 1. The molecule has 1 fully saturated rings. The number of fused-ring (bicyclic) bond motifs is 2. The molecule has 1 N–H and O–H groups in total. The minimum Gasteiger partial charge on any atom is -0.481 e. The van der Waals surface area contributed by atoms with E-state index in [2.05, 4.69) is 59.2 Å². The van der Waals surface area contributed by atoms with Crippen molar-refractivity contribution in [3.05, 3.63) is 64.7 Å². The number of benzene rings is 2. The second kappa shape index (κ2) is 7.64. The first kappa shape index (κ1) is 19.6. The van der Waals surface area contributed by atoms with Crippen molar-refractivity contribution in [2.45, 2.75) is 27.2 Å². The number of hydrogen-bond acceptors (Lipinski definition) is 4. The summed E-state index contributed by atoms with van der Waals surface area (Å²) >= 11 is 0. The van der Waals surface area contributed by atoms with Gasteiger partial charge in [0, 0.05) is 44.7 Å². The summed E-state index contributed by atoms with van der Waals surface area (Å²) in [5.74, 6) is 0.300. The van der Waals surface area contributed by atoms with E-state index in [1.807, 2.05) is 0 Å². The molecule has 0 bridgehead atoms. The molecule has 2 aliphatic heterocycles. The Kier molecular flexibility index (Phi) is 5.17. The van der Waals surface area contributed by atoms with Gasteiger partial charge in [0.05, 0.1) is 11.1 Å². The Labute approximate surface area is 172 Å². The fraction of sp³-hybridized carbons (Fsp3) is 0.417. The summed E-state index contributed by atoms with van der Waals surface area (Å²) < 4.78 is 0. The highest BCUT2D eigenvalue weighted by molar-refractivity contribution is 6.02. The molecule has 0 aromatic heterocycles. The molecule has 5 heteroatoms. The maximum Gasteiger partial charge on any atom is 0.310 e. The summed E-state index contributed by atoms with van der Waals surface area (Å²) in [7, 11) is 0. The summed E-state index contributed by atoms with van der Waals surface area (Å²) in [6.45, 7) is 9.69. The van der Waals surface area contributed by atoms with Crippen LogP contribution < -0.4 is 0 Å². The number of hydrogen-bond donors (Lipinski definition) is 1. The first-order valence-electron chi connectivity index (χ1n) is 10.3. The van der Waals surface area contributed by atoms with Crippen LogP contribution in [-0.4, -0.2) is 59.4 Å². The lowest BCUT2D eigenvalue weighted by molar-refractivity contribution is -0.148. The number of amidine groups is 1. The molecule has 0 saturated carbocycles. The molecular formula is C24H29N3O2. The Balaban J connectivity index is 1.59. The Hall–Kier alpha value is -2.66. The maximum atomic E-state index is 11.5. The monoisotopic (exact) mass is 391 g/mol. The van der Waals surface area contributed by atoms with E-state index in [0.29, 0.717) is 6.54 Å². The fourth-order valence-corrected chi connectivity index (χ4v) is 4.22. The quantitative estimate of drug-likeness (QED) is 0.867. The summed E-state index contributed by atoms with van der Waals surface area (Å²) in [5.41, 5.74) is 5.37. The van der Waals surface area contributed by atoms with Gasteiger partial charge in [0.1, 0.15) is 5.84 Å². The third-order valence-corrected chi connectivity index (χ3v) is 5.97. The number of aliphatic carboxylic acids is 1. The van der Waals surface area contributed by atoms with Crippen molar-refractivity contribution in [1.29, 1.82) is 0 Å². The van der Waals surface area contributed by atoms with Crippen molar-refractivity contribution in [2.24, 2.45) is 10.4 Å². The van der Waals surface area contributed by atoms with Crippen molar-refractivity contribution in [3.8, 4) is 0 Å². The molecule has 2 heterocycles. The van der Waals surface area contributed by atoms with Gasteiger partial charge in [-0.05, 0) is 38.0 Å². The van der Waals surface area contributed by atoms with E-state index in [0.717, 1.165) is 44.1 Å². The number of piperazine rings is 1. The molecule has 0 amide bonds. The van der Waals surface area contributed by atoms with Gasteiger partial charge in [0.25, 0.3) is 0 Å². The Morgan fingerprint density at radius 3 is 2.52 bits per heavy atom. The van der Waals surface area contributed by atoms with Crippen LogP contribution in [0.2, 0.25) is 0 Å². The maximum absolute atomic E-state index is 11.5. The van der Waals surface area contributed by atoms with E-state index in [9.17, 15) is 9.90 Å². The predicted octanol–water partition coefficient (Wildman–Crippen LogP) is 3.71. The van der Waals surface area contributed by atoms with Gasteiger partial charge >= 0.3 is 5.97 Å². The standard InChI is InChI=1S/C24H29N3O2/c1-17-8-9-21-19(14-17)15-18-6-4-5-7-20(18)22(25-21)27-12-10-26(11-13-27)16-24(2,3)23(28)29/h4-9,14H,10-13,15-16H2,1-3H3,(H,28,29). The summed E-state index contributed by atoms with van der Waals surface area (Å²) in [6.07, 6.45) is 0.896. The third kappa shape index (κ3) is 4.06. The lowest BCUT2D eigenvalue weighted by Crippen LogP contribution is -2.52. The first-order valence-corrected chi connectivity index (χ1v) is 10.3. The van der Waals surface area contributed by atoms with E-state index in [1.165, 1.54) is 22.3 Å². The lowest BCUT2D eigenvalue weighted by Gasteiger charge is -2.39. The zero-order valence-corrected chi connectivity index (χ0v) is 17.5. The number of carboxylic acids is 1. The average Bonchev–Trinajstić information content (AvgIpc) is 2.84. The minimum absolute atomic E-state index is 0.571. The van der Waals surface area contributed by atoms with Gasteiger partial charge in [0.2, 0.25) is 0 Å². The zero-order valence-electron chi connectivity index (χ0n) is 17.5. The van der Waals surface area contributed by atoms with Gasteiger partial charge in [-0.2, -0.15) is 0 Å². The van der Waals surface area contributed by atoms with Crippen molar-refractivity contribution in [2.75, 3.05) is 32.7 Å². The van der Waals surface area contributed by atoms with Gasteiger partial charge in [-0.25, -0.2) is 4.99 Å². The van der Waals surface area contributed by atoms with Crippen LogP contribution in [0.5, 0.6) is 0 Å². The van der Waals surface area contributed by atoms with Gasteiger partial charge in [-0.1, -0.05) is 42.0 Å². The van der Waals surface area contributed by atoms with Crippen LogP contribution in [0, 0.1) is 12.3 Å². The number of carboxylic acid groups (broad SMARTS) is 1. The Bertz CT molecular complexity index is 956. The van der Waals surface area contributed by atoms with E-state index in [4.69, 9.17) is 4.99 Å². The summed E-state index contributed by atoms with van der Waals surface area (Å²) in [4.78, 5) is 21.2. The Morgan fingerprint density at radius 2 is 1.79 bits per heavy atom. The minimum atomic E-state index is -0.742. The van der Waals surface area contributed by atoms with Gasteiger partial charge in [-0.3, -0.25) is 9.69 Å². The highest BCUT2D eigenvalue weighted by atomic mass is 16.4. The predicted molar refractivity (Wildman–Crippen MR) is 116 cm³/mol. The number of nitrogens with zero attached hydrogens (tertiary/aromatic N) is 3. The molecule has 5 nitrogen and oxygen atoms in total. The molecule has 152 valence electrons. The van der Waals surface area contributed by atoms with Gasteiger partial charge < -0.3 is 10.0 Å². The van der Waals surface area contributed by atoms with Crippen LogP contribution in [-0.2, 0) is 11.2 Å². The van der Waals surface area contributed by atoms with Crippen molar-refractivity contribution < 1.29 is 9.90 Å². The molecular weight excluding hydrogens is 362 g/mol. The highest BCUT2D eigenvalue weighted by Gasteiger charge is 2.32. The molecule has 29 heavy (non-hydrogen) atoms. The normalized spacial score (nSPS) is 17.2. The van der Waals surface area contributed by atoms with Crippen LogP contribution in [0.4, 0.5) is 5.69 Å². The van der Waals surface area contributed by atoms with E-state index >= 15 is 0 Å². The number of aryl methyl sites for hydroxylation is 1. The highest BCUT2D eigenvalue weighted by Crippen LogP contribution is 2.31. The molecule has 0 aliphatic carbocycles. The molecule has 0 radical (unpaired) electrons. The van der Waals surface area contributed by atoms with Crippen molar-refractivity contribution in [1.82, 2.24) is 9.80 Å². The molecule has 1 saturated heterocycles. The van der Waals surface area contributed by atoms with Crippen LogP contribution in [0.15, 0.2) is 47.5 Å². The van der Waals surface area contributed by atoms with Crippen LogP contribution in [0.3, 0.4) is 0 Å². The molecule has 0 unspecified atom stereocenters. The first-order chi connectivity index (χ1) is 13.8. The lowest BCUT2D eigenvalue weighted by atomic mass is 9.93. The molecule has 2 aromatic carbocycles. The largest absolute Gasteiger partial charge is 0.481 e. The van der Waals surface area contributed by atoms with Crippen LogP contribution in [0.1, 0.15) is 36.1 Å². The number of rotatable bonds is 3. The zero-order chi connectivity index (χ0) is 20.6. The van der Waals surface area contributed by atoms with Crippen molar-refractivity contribution in [3.63, 3.8) is 0 Å². The average molecular weight is 392 g/mol. The molecule has 2 aromatic rings. The molecule has 4 rings (SSSR count). The second-order valence-electron chi connectivity index (χ2n) is 8.85. The molecule has 0 spiro atoms. The Morgan fingerprint density at radius 1 is 1.07 bits per heavy atom. The summed E-state index contributed by atoms with van der Waals surface area (Å²) in [5, 5.41) is 9.42. The smallest absolute Gasteiger partial charge is 0.310 e. The topological polar surface area (TPSA) is 56.1 Å². The molecule has 0 atom stereocenters. The van der Waals surface area contributed by atoms with E-state index < -0.39 is 11.4 Å². The number of carbonyl (C=O) groups is 1. The van der Waals surface area contributed by atoms with Crippen molar-refractivity contribution >= 4 is 17.5 Å². The fourth-order valence-electron chi connectivity index (χ4n) is 4.22. The van der Waals surface area contributed by atoms with Gasteiger partial charge in [0.15, 0.2) is 0 Å². The third-order valence-electron chi connectivity index (χ3n) is 5.97. The summed E-state index contributed by atoms with van der Waals surface area (Å²) in [6, 6.07) is 15.1. The van der Waals surface area contributed by atoms with Crippen LogP contribution in [0.25, 0.3) is 0 Å².